The second kappa shape index (κ2) is 6.35. The summed E-state index contributed by atoms with van der Waals surface area (Å²) in [6.07, 6.45) is -0.303. The van der Waals surface area contributed by atoms with Gasteiger partial charge in [-0.1, -0.05) is 48.7 Å². The fraction of sp³-hybridized carbons (Fsp3) is 0.900. The van der Waals surface area contributed by atoms with E-state index in [-0.39, 0.29) is 29.4 Å². The van der Waals surface area contributed by atoms with Gasteiger partial charge in [-0.15, -0.1) is 0 Å². The lowest BCUT2D eigenvalue weighted by Gasteiger charge is -2.26. The quantitative estimate of drug-likeness (QED) is 0.560. The zero-order valence-corrected chi connectivity index (χ0v) is 13.8. The van der Waals surface area contributed by atoms with Gasteiger partial charge in [0, 0.05) is 12.3 Å². The van der Waals surface area contributed by atoms with Gasteiger partial charge in [-0.3, -0.25) is 4.79 Å². The smallest absolute Gasteiger partial charge is 0.262 e. The number of halogens is 3. The van der Waals surface area contributed by atoms with E-state index in [1.165, 1.54) is 0 Å². The van der Waals surface area contributed by atoms with E-state index >= 15 is 0 Å². The molecule has 0 aromatic carbocycles. The van der Waals surface area contributed by atoms with Crippen molar-refractivity contribution in [2.75, 3.05) is 11.5 Å². The molecule has 0 unspecified atom stereocenters. The van der Waals surface area contributed by atoms with Crippen LogP contribution in [0.5, 0.6) is 0 Å². The third kappa shape index (κ3) is 5.63. The number of carbonyl (C=O) groups excluding carboxylic acids is 1. The first kappa shape index (κ1) is 17.3. The second-order valence-corrected chi connectivity index (χ2v) is 9.64. The Hall–Kier alpha value is 0.250. The maximum Gasteiger partial charge on any atom is 0.262 e. The Morgan fingerprint density at radius 1 is 1.37 bits per heavy atom. The highest BCUT2D eigenvalue weighted by Crippen LogP contribution is 2.27. The topological polar surface area (TPSA) is 79.8 Å². The third-order valence-electron chi connectivity index (χ3n) is 2.91. The Kier molecular flexibility index (Phi) is 5.78. The molecular formula is C10H18Cl3N2O3S+. The summed E-state index contributed by atoms with van der Waals surface area (Å²) >= 11 is 17.5. The monoisotopic (exact) mass is 351 g/mol. The molecule has 0 saturated carbocycles. The lowest BCUT2D eigenvalue weighted by atomic mass is 10.2. The van der Waals surface area contributed by atoms with Crippen LogP contribution in [0, 0.1) is 5.92 Å². The summed E-state index contributed by atoms with van der Waals surface area (Å²) in [7, 11) is -3.00. The van der Waals surface area contributed by atoms with Crippen LogP contribution in [0.2, 0.25) is 0 Å². The Balaban J connectivity index is 2.69. The fourth-order valence-corrected chi connectivity index (χ4v) is 3.95. The summed E-state index contributed by atoms with van der Waals surface area (Å²) in [6, 6.07) is -0.196. The van der Waals surface area contributed by atoms with Crippen LogP contribution in [-0.4, -0.2) is 41.8 Å². The van der Waals surface area contributed by atoms with E-state index in [4.69, 9.17) is 34.8 Å². The van der Waals surface area contributed by atoms with Crippen LogP contribution in [-0.2, 0) is 14.6 Å². The minimum atomic E-state index is -3.00. The standard InChI is InChI=1S/C10H17Cl3N2O3S/c1-6(2)8(16)15-9(10(11,12)13)14-7-3-4-19(17,18)5-7/h6-7,9,14H,3-5H2,1-2H3,(H,15,16)/p+1/t7-,9-/m0/s1. The van der Waals surface area contributed by atoms with Crippen LogP contribution in [0.15, 0.2) is 0 Å². The predicted octanol–water partition coefficient (Wildman–Crippen LogP) is 0.205. The van der Waals surface area contributed by atoms with Crippen molar-refractivity contribution >= 4 is 50.5 Å². The highest BCUT2D eigenvalue weighted by molar-refractivity contribution is 7.91. The molecule has 1 aliphatic heterocycles. The van der Waals surface area contributed by atoms with Crippen LogP contribution in [0.25, 0.3) is 0 Å². The van der Waals surface area contributed by atoms with Crippen molar-refractivity contribution in [3.8, 4) is 0 Å². The van der Waals surface area contributed by atoms with Crippen molar-refractivity contribution < 1.29 is 18.5 Å². The van der Waals surface area contributed by atoms with Gasteiger partial charge in [0.05, 0.1) is 5.75 Å². The summed E-state index contributed by atoms with van der Waals surface area (Å²) in [5, 5.41) is 4.25. The third-order valence-corrected chi connectivity index (χ3v) is 5.41. The molecule has 1 aliphatic rings. The van der Waals surface area contributed by atoms with Gasteiger partial charge in [0.25, 0.3) is 3.79 Å². The maximum absolute atomic E-state index is 11.7. The van der Waals surface area contributed by atoms with E-state index in [1.54, 1.807) is 19.2 Å². The molecule has 0 aromatic rings. The predicted molar refractivity (Wildman–Crippen MR) is 76.0 cm³/mol. The molecule has 19 heavy (non-hydrogen) atoms. The molecule has 0 spiro atoms. The highest BCUT2D eigenvalue weighted by atomic mass is 35.6. The summed E-state index contributed by atoms with van der Waals surface area (Å²) in [6.45, 7) is 3.45. The van der Waals surface area contributed by atoms with Gasteiger partial charge in [0.1, 0.15) is 11.8 Å². The van der Waals surface area contributed by atoms with Gasteiger partial charge in [-0.05, 0) is 0 Å². The van der Waals surface area contributed by atoms with Gasteiger partial charge in [-0.25, -0.2) is 8.42 Å². The Morgan fingerprint density at radius 2 is 1.95 bits per heavy atom. The van der Waals surface area contributed by atoms with E-state index in [1.807, 2.05) is 0 Å². The van der Waals surface area contributed by atoms with Gasteiger partial charge >= 0.3 is 0 Å². The number of carbonyl (C=O) groups is 1. The van der Waals surface area contributed by atoms with E-state index in [9.17, 15) is 13.2 Å². The summed E-state index contributed by atoms with van der Waals surface area (Å²) in [5.74, 6) is -0.301. The zero-order valence-electron chi connectivity index (χ0n) is 10.7. The van der Waals surface area contributed by atoms with Crippen LogP contribution >= 0.6 is 34.8 Å². The Labute approximate surface area is 128 Å². The molecule has 1 rings (SSSR count). The van der Waals surface area contributed by atoms with E-state index in [2.05, 4.69) is 5.32 Å². The molecule has 1 heterocycles. The van der Waals surface area contributed by atoms with Crippen LogP contribution in [0.4, 0.5) is 0 Å². The zero-order chi connectivity index (χ0) is 14.8. The summed E-state index contributed by atoms with van der Waals surface area (Å²) < 4.78 is 21.1. The van der Waals surface area contributed by atoms with Crippen LogP contribution in [0.3, 0.4) is 0 Å². The Bertz CT molecular complexity index is 434. The first-order valence-corrected chi connectivity index (χ1v) is 8.89. The van der Waals surface area contributed by atoms with Crippen molar-refractivity contribution in [1.29, 1.82) is 0 Å². The number of nitrogens with two attached hydrogens (primary N) is 1. The van der Waals surface area contributed by atoms with Gasteiger partial charge in [0.2, 0.25) is 12.1 Å². The van der Waals surface area contributed by atoms with Crippen LogP contribution < -0.4 is 10.6 Å². The molecule has 3 N–H and O–H groups in total. The van der Waals surface area contributed by atoms with Crippen molar-refractivity contribution in [2.45, 2.75) is 36.3 Å². The lowest BCUT2D eigenvalue weighted by molar-refractivity contribution is -0.719. The Morgan fingerprint density at radius 3 is 2.32 bits per heavy atom. The van der Waals surface area contributed by atoms with Gasteiger partial charge < -0.3 is 10.6 Å². The SMILES string of the molecule is CC(C)C(=O)N[C@H]([NH2+][C@H]1CCS(=O)(=O)C1)C(Cl)(Cl)Cl. The molecule has 2 atom stereocenters. The average molecular weight is 353 g/mol. The van der Waals surface area contributed by atoms with Crippen molar-refractivity contribution in [1.82, 2.24) is 5.32 Å². The van der Waals surface area contributed by atoms with Gasteiger partial charge in [-0.2, -0.15) is 0 Å². The number of rotatable bonds is 4. The maximum atomic E-state index is 11.7. The van der Waals surface area contributed by atoms with Crippen LogP contribution in [0.1, 0.15) is 20.3 Å². The molecule has 0 radical (unpaired) electrons. The van der Waals surface area contributed by atoms with E-state index < -0.39 is 19.8 Å². The number of nitrogens with one attached hydrogen (secondary N) is 1. The number of amides is 1. The summed E-state index contributed by atoms with van der Waals surface area (Å²) in [4.78, 5) is 11.7. The number of hydrogen-bond acceptors (Lipinski definition) is 3. The molecular weight excluding hydrogens is 335 g/mol. The molecule has 9 heteroatoms. The first-order valence-electron chi connectivity index (χ1n) is 5.94. The van der Waals surface area contributed by atoms with E-state index in [0.29, 0.717) is 6.42 Å². The molecule has 1 saturated heterocycles. The summed E-state index contributed by atoms with van der Waals surface area (Å²) in [5.41, 5.74) is 0. The fourth-order valence-electron chi connectivity index (χ4n) is 1.81. The minimum absolute atomic E-state index is 0.0434. The highest BCUT2D eigenvalue weighted by Gasteiger charge is 2.42. The number of alkyl halides is 3. The average Bonchev–Trinajstić information content (AvgIpc) is 2.55. The van der Waals surface area contributed by atoms with Crippen molar-refractivity contribution in [3.05, 3.63) is 0 Å². The molecule has 112 valence electrons. The number of sulfone groups is 1. The molecule has 5 nitrogen and oxygen atoms in total. The van der Waals surface area contributed by atoms with Gasteiger partial charge in [0.15, 0.2) is 9.84 Å². The second-order valence-electron chi connectivity index (χ2n) is 5.04. The number of quaternary nitrogens is 1. The van der Waals surface area contributed by atoms with E-state index in [0.717, 1.165) is 0 Å². The normalized spacial score (nSPS) is 24.4. The minimum Gasteiger partial charge on any atom is -0.320 e. The van der Waals surface area contributed by atoms with Crippen molar-refractivity contribution in [3.63, 3.8) is 0 Å². The molecule has 1 fully saturated rings. The molecule has 0 aromatic heterocycles. The molecule has 0 aliphatic carbocycles. The largest absolute Gasteiger partial charge is 0.320 e. The molecule has 1 amide bonds. The van der Waals surface area contributed by atoms with Crippen molar-refractivity contribution in [2.24, 2.45) is 5.92 Å². The molecule has 0 bridgehead atoms. The number of hydrogen-bond donors (Lipinski definition) is 2. The first-order chi connectivity index (χ1) is 8.51. The lowest BCUT2D eigenvalue weighted by Crippen LogP contribution is -3.01.